The number of nitrogens with zero attached hydrogens (tertiary/aromatic N) is 3. The Morgan fingerprint density at radius 3 is 2.83 bits per heavy atom. The smallest absolute Gasteiger partial charge is 0.243 e. The molecule has 0 saturated carbocycles. The predicted molar refractivity (Wildman–Crippen MR) is 90.5 cm³/mol. The van der Waals surface area contributed by atoms with Crippen LogP contribution in [0.15, 0.2) is 28.1 Å². The van der Waals surface area contributed by atoms with Crippen molar-refractivity contribution in [1.82, 2.24) is 15.0 Å². The molecule has 2 aromatic heterocycles. The lowest BCUT2D eigenvalue weighted by Gasteiger charge is -2.37. The van der Waals surface area contributed by atoms with Gasteiger partial charge in [0.25, 0.3) is 0 Å². The molecule has 1 fully saturated rings. The molecule has 0 aromatic carbocycles. The summed E-state index contributed by atoms with van der Waals surface area (Å²) in [5, 5.41) is 8.68. The molecule has 2 aromatic rings. The van der Waals surface area contributed by atoms with Gasteiger partial charge in [0.15, 0.2) is 0 Å². The Balaban J connectivity index is 1.47. The van der Waals surface area contributed by atoms with E-state index in [0.717, 1.165) is 38.4 Å². The third-order valence-electron chi connectivity index (χ3n) is 4.17. The van der Waals surface area contributed by atoms with E-state index in [2.05, 4.69) is 37.8 Å². The number of carbonyl (C=O) groups is 1. The molecule has 7 heteroatoms. The molecule has 3 heterocycles. The van der Waals surface area contributed by atoms with Crippen LogP contribution in [0, 0.1) is 6.92 Å². The van der Waals surface area contributed by atoms with Crippen LogP contribution in [0.5, 0.6) is 0 Å². The second kappa shape index (κ2) is 7.25. The minimum absolute atomic E-state index is 0.0483. The minimum Gasteiger partial charge on any atom is -0.338 e. The molecule has 1 N–H and O–H groups in total. The van der Waals surface area contributed by atoms with E-state index >= 15 is 0 Å². The average Bonchev–Trinajstić information content (AvgIpc) is 3.19. The predicted octanol–water partition coefficient (Wildman–Crippen LogP) is 2.19. The maximum absolute atomic E-state index is 12.3. The molecule has 6 nitrogen and oxygen atoms in total. The molecule has 0 spiro atoms. The standard InChI is InChI=1S/C16H22N4O2S/c1-12-10-15(22-18-12)17-16(21)13(2)20-7-5-19(6-8-20)11-14-4-3-9-23-14/h3-4,9-10,13H,5-8,11H2,1-2H3,(H,17,21). The SMILES string of the molecule is Cc1cc(NC(=O)C(C)N2CCN(Cc3cccs3)CC2)on1. The Morgan fingerprint density at radius 2 is 2.22 bits per heavy atom. The van der Waals surface area contributed by atoms with Crippen LogP contribution in [-0.2, 0) is 11.3 Å². The highest BCUT2D eigenvalue weighted by Crippen LogP contribution is 2.15. The number of hydrogen-bond donors (Lipinski definition) is 1. The van der Waals surface area contributed by atoms with Crippen LogP contribution < -0.4 is 5.32 Å². The van der Waals surface area contributed by atoms with Crippen molar-refractivity contribution in [1.29, 1.82) is 0 Å². The first kappa shape index (κ1) is 16.2. The van der Waals surface area contributed by atoms with Crippen molar-refractivity contribution in [2.24, 2.45) is 0 Å². The number of thiophene rings is 1. The van der Waals surface area contributed by atoms with Crippen LogP contribution in [0.1, 0.15) is 17.5 Å². The van der Waals surface area contributed by atoms with E-state index in [1.807, 2.05) is 13.8 Å². The molecular weight excluding hydrogens is 312 g/mol. The van der Waals surface area contributed by atoms with E-state index in [0.29, 0.717) is 5.88 Å². The van der Waals surface area contributed by atoms with Gasteiger partial charge in [0.05, 0.1) is 11.7 Å². The van der Waals surface area contributed by atoms with Gasteiger partial charge >= 0.3 is 0 Å². The highest BCUT2D eigenvalue weighted by molar-refractivity contribution is 7.09. The van der Waals surface area contributed by atoms with Gasteiger partial charge < -0.3 is 4.52 Å². The quantitative estimate of drug-likeness (QED) is 0.908. The highest BCUT2D eigenvalue weighted by Gasteiger charge is 2.26. The van der Waals surface area contributed by atoms with Crippen molar-refractivity contribution in [3.05, 3.63) is 34.2 Å². The number of piperazine rings is 1. The maximum Gasteiger partial charge on any atom is 0.243 e. The molecule has 1 unspecified atom stereocenters. The van der Waals surface area contributed by atoms with Crippen LogP contribution in [0.4, 0.5) is 5.88 Å². The Bertz CT molecular complexity index is 632. The van der Waals surface area contributed by atoms with Gasteiger partial charge in [-0.25, -0.2) is 0 Å². The summed E-state index contributed by atoms with van der Waals surface area (Å²) in [7, 11) is 0. The Labute approximate surface area is 140 Å². The van der Waals surface area contributed by atoms with Crippen LogP contribution in [0.2, 0.25) is 0 Å². The molecule has 124 valence electrons. The fourth-order valence-corrected chi connectivity index (χ4v) is 3.49. The summed E-state index contributed by atoms with van der Waals surface area (Å²) in [6.07, 6.45) is 0. The molecule has 1 aliphatic rings. The van der Waals surface area contributed by atoms with Gasteiger partial charge in [0.1, 0.15) is 0 Å². The first-order valence-corrected chi connectivity index (χ1v) is 8.73. The van der Waals surface area contributed by atoms with E-state index in [1.165, 1.54) is 4.88 Å². The Morgan fingerprint density at radius 1 is 1.43 bits per heavy atom. The number of anilines is 1. The topological polar surface area (TPSA) is 61.6 Å². The Hall–Kier alpha value is -1.70. The van der Waals surface area contributed by atoms with Gasteiger partial charge in [-0.3, -0.25) is 19.9 Å². The van der Waals surface area contributed by atoms with E-state index in [1.54, 1.807) is 17.4 Å². The zero-order chi connectivity index (χ0) is 16.2. The van der Waals surface area contributed by atoms with E-state index in [-0.39, 0.29) is 11.9 Å². The summed E-state index contributed by atoms with van der Waals surface area (Å²) in [5.41, 5.74) is 0.759. The molecule has 3 rings (SSSR count). The van der Waals surface area contributed by atoms with Gasteiger partial charge in [0, 0.05) is 43.7 Å². The zero-order valence-corrected chi connectivity index (χ0v) is 14.3. The van der Waals surface area contributed by atoms with Gasteiger partial charge in [-0.05, 0) is 25.3 Å². The fourth-order valence-electron chi connectivity index (χ4n) is 2.75. The van der Waals surface area contributed by atoms with E-state index < -0.39 is 0 Å². The normalized spacial score (nSPS) is 18.0. The third-order valence-corrected chi connectivity index (χ3v) is 5.03. The van der Waals surface area contributed by atoms with Crippen molar-refractivity contribution < 1.29 is 9.32 Å². The maximum atomic E-state index is 12.3. The molecule has 1 amide bonds. The van der Waals surface area contributed by atoms with Crippen molar-refractivity contribution in [2.75, 3.05) is 31.5 Å². The van der Waals surface area contributed by atoms with Crippen LogP contribution in [0.25, 0.3) is 0 Å². The van der Waals surface area contributed by atoms with Crippen molar-refractivity contribution in [3.8, 4) is 0 Å². The number of rotatable bonds is 5. The fraction of sp³-hybridized carbons (Fsp3) is 0.500. The number of aryl methyl sites for hydroxylation is 1. The summed E-state index contributed by atoms with van der Waals surface area (Å²) < 4.78 is 5.04. The number of amides is 1. The summed E-state index contributed by atoms with van der Waals surface area (Å²) in [4.78, 5) is 18.3. The Kier molecular flexibility index (Phi) is 5.09. The number of aromatic nitrogens is 1. The molecule has 23 heavy (non-hydrogen) atoms. The van der Waals surface area contributed by atoms with Gasteiger partial charge in [-0.1, -0.05) is 11.2 Å². The summed E-state index contributed by atoms with van der Waals surface area (Å²) in [6, 6.07) is 5.81. The van der Waals surface area contributed by atoms with E-state index in [4.69, 9.17) is 4.52 Å². The molecule has 1 atom stereocenters. The van der Waals surface area contributed by atoms with Crippen molar-refractivity contribution in [3.63, 3.8) is 0 Å². The molecule has 1 saturated heterocycles. The van der Waals surface area contributed by atoms with Crippen LogP contribution in [-0.4, -0.2) is 53.1 Å². The number of nitrogens with one attached hydrogen (secondary N) is 1. The van der Waals surface area contributed by atoms with Crippen LogP contribution in [0.3, 0.4) is 0 Å². The van der Waals surface area contributed by atoms with Crippen molar-refractivity contribution >= 4 is 23.1 Å². The third kappa shape index (κ3) is 4.19. The summed E-state index contributed by atoms with van der Waals surface area (Å²) >= 11 is 1.80. The average molecular weight is 334 g/mol. The number of carbonyl (C=O) groups excluding carboxylic acids is 1. The highest BCUT2D eigenvalue weighted by atomic mass is 32.1. The largest absolute Gasteiger partial charge is 0.338 e. The number of hydrogen-bond acceptors (Lipinski definition) is 6. The lowest BCUT2D eigenvalue weighted by atomic mass is 10.2. The first-order chi connectivity index (χ1) is 11.1. The van der Waals surface area contributed by atoms with Gasteiger partial charge in [0.2, 0.25) is 11.8 Å². The summed E-state index contributed by atoms with van der Waals surface area (Å²) in [5.74, 6) is 0.364. The van der Waals surface area contributed by atoms with Gasteiger partial charge in [-0.2, -0.15) is 0 Å². The minimum atomic E-state index is -0.177. The van der Waals surface area contributed by atoms with Crippen molar-refractivity contribution in [2.45, 2.75) is 26.4 Å². The lowest BCUT2D eigenvalue weighted by Crippen LogP contribution is -2.52. The van der Waals surface area contributed by atoms with Gasteiger partial charge in [-0.15, -0.1) is 11.3 Å². The zero-order valence-electron chi connectivity index (χ0n) is 13.5. The van der Waals surface area contributed by atoms with Crippen LogP contribution >= 0.6 is 11.3 Å². The second-order valence-electron chi connectivity index (χ2n) is 5.89. The van der Waals surface area contributed by atoms with E-state index in [9.17, 15) is 4.79 Å². The molecular formula is C16H22N4O2S. The molecule has 0 radical (unpaired) electrons. The summed E-state index contributed by atoms with van der Waals surface area (Å²) in [6.45, 7) is 8.53. The molecule has 0 aliphatic carbocycles. The second-order valence-corrected chi connectivity index (χ2v) is 6.92. The molecule has 1 aliphatic heterocycles. The first-order valence-electron chi connectivity index (χ1n) is 7.85. The molecule has 0 bridgehead atoms. The monoisotopic (exact) mass is 334 g/mol. The lowest BCUT2D eigenvalue weighted by molar-refractivity contribution is -0.121.